The third kappa shape index (κ3) is 8.57. The van der Waals surface area contributed by atoms with Gasteiger partial charge in [-0.1, -0.05) is 13.3 Å². The van der Waals surface area contributed by atoms with Crippen molar-refractivity contribution in [3.8, 4) is 0 Å². The molecule has 124 valence electrons. The van der Waals surface area contributed by atoms with Gasteiger partial charge in [0.25, 0.3) is 0 Å². The molecule has 0 aliphatic heterocycles. The molecule has 0 aromatic rings. The Morgan fingerprint density at radius 2 is 2.05 bits per heavy atom. The van der Waals surface area contributed by atoms with E-state index in [1.165, 1.54) is 25.7 Å². The molecule has 0 radical (unpaired) electrons. The highest BCUT2D eigenvalue weighted by Gasteiger charge is 2.24. The molecule has 1 saturated carbocycles. The van der Waals surface area contributed by atoms with E-state index in [-0.39, 0.29) is 0 Å². The first kappa shape index (κ1) is 18.6. The van der Waals surface area contributed by atoms with E-state index in [2.05, 4.69) is 35.7 Å². The van der Waals surface area contributed by atoms with Gasteiger partial charge in [-0.25, -0.2) is 0 Å². The lowest BCUT2D eigenvalue weighted by molar-refractivity contribution is 0.130. The van der Waals surface area contributed by atoms with Crippen LogP contribution >= 0.6 is 11.8 Å². The molecule has 1 aliphatic rings. The number of aliphatic imine (C=N–C) groups is 1. The van der Waals surface area contributed by atoms with E-state index < -0.39 is 0 Å². The zero-order chi connectivity index (χ0) is 15.3. The van der Waals surface area contributed by atoms with Gasteiger partial charge in [-0.3, -0.25) is 4.99 Å². The minimum atomic E-state index is 0.584. The van der Waals surface area contributed by atoms with Crippen molar-refractivity contribution in [2.75, 3.05) is 32.6 Å². The maximum Gasteiger partial charge on any atom is 0.191 e. The second-order valence-corrected chi connectivity index (χ2v) is 6.73. The van der Waals surface area contributed by atoms with E-state index in [4.69, 9.17) is 4.74 Å². The van der Waals surface area contributed by atoms with Gasteiger partial charge in [0.15, 0.2) is 5.96 Å². The molecule has 21 heavy (non-hydrogen) atoms. The van der Waals surface area contributed by atoms with Crippen LogP contribution in [0.15, 0.2) is 4.99 Å². The second kappa shape index (κ2) is 12.2. The predicted octanol–water partition coefficient (Wildman–Crippen LogP) is 3.03. The molecule has 0 spiro atoms. The van der Waals surface area contributed by atoms with Gasteiger partial charge in [-0.2, -0.15) is 11.8 Å². The molecule has 2 N–H and O–H groups in total. The van der Waals surface area contributed by atoms with Gasteiger partial charge in [0.2, 0.25) is 0 Å². The van der Waals surface area contributed by atoms with Crippen LogP contribution in [-0.2, 0) is 4.74 Å². The number of rotatable bonds is 10. The van der Waals surface area contributed by atoms with Gasteiger partial charge in [-0.05, 0) is 45.3 Å². The molecule has 0 amide bonds. The van der Waals surface area contributed by atoms with E-state index in [1.807, 2.05) is 11.8 Å². The van der Waals surface area contributed by atoms with Crippen LogP contribution in [0.3, 0.4) is 0 Å². The molecule has 1 rings (SSSR count). The summed E-state index contributed by atoms with van der Waals surface area (Å²) in [6.45, 7) is 7.76. The Labute approximate surface area is 134 Å². The molecule has 0 heterocycles. The Kier molecular flexibility index (Phi) is 10.8. The number of unbranched alkanes of at least 4 members (excludes halogenated alkanes) is 1. The first-order valence-corrected chi connectivity index (χ1v) is 9.74. The van der Waals surface area contributed by atoms with Crippen LogP contribution in [0.5, 0.6) is 0 Å². The maximum atomic E-state index is 5.57. The lowest BCUT2D eigenvalue weighted by atomic mass is 10.2. The summed E-state index contributed by atoms with van der Waals surface area (Å²) < 4.78 is 5.57. The van der Waals surface area contributed by atoms with Gasteiger partial charge < -0.3 is 15.4 Å². The third-order valence-electron chi connectivity index (χ3n) is 3.76. The fraction of sp³-hybridized carbons (Fsp3) is 0.938. The number of guanidine groups is 1. The summed E-state index contributed by atoms with van der Waals surface area (Å²) in [6, 6.07) is 0.584. The van der Waals surface area contributed by atoms with E-state index in [1.54, 1.807) is 0 Å². The molecule has 0 aromatic carbocycles. The summed E-state index contributed by atoms with van der Waals surface area (Å²) in [7, 11) is 0. The van der Waals surface area contributed by atoms with Crippen LogP contribution in [0, 0.1) is 0 Å². The molecule has 0 saturated heterocycles. The maximum absolute atomic E-state index is 5.57. The smallest absolute Gasteiger partial charge is 0.191 e. The third-order valence-corrected chi connectivity index (χ3v) is 4.86. The molecule has 1 aliphatic carbocycles. The summed E-state index contributed by atoms with van der Waals surface area (Å²) in [5.74, 6) is 0.970. The lowest BCUT2D eigenvalue weighted by Gasteiger charge is -2.17. The zero-order valence-corrected chi connectivity index (χ0v) is 14.8. The Balaban J connectivity index is 2.20. The Hall–Kier alpha value is -0.420. The fourth-order valence-corrected chi connectivity index (χ4v) is 3.30. The van der Waals surface area contributed by atoms with Crippen molar-refractivity contribution in [1.82, 2.24) is 10.6 Å². The summed E-state index contributed by atoms with van der Waals surface area (Å²) in [6.07, 6.45) is 9.41. The van der Waals surface area contributed by atoms with Crippen LogP contribution < -0.4 is 10.6 Å². The molecular formula is C16H33N3OS. The number of nitrogens with one attached hydrogen (secondary N) is 2. The molecule has 2 atom stereocenters. The lowest BCUT2D eigenvalue weighted by Crippen LogP contribution is -2.42. The minimum absolute atomic E-state index is 0.584. The minimum Gasteiger partial charge on any atom is -0.381 e. The predicted molar refractivity (Wildman–Crippen MR) is 94.4 cm³/mol. The molecule has 5 heteroatoms. The summed E-state index contributed by atoms with van der Waals surface area (Å²) in [5, 5.41) is 7.74. The van der Waals surface area contributed by atoms with Crippen LogP contribution in [0.1, 0.15) is 52.4 Å². The van der Waals surface area contributed by atoms with E-state index >= 15 is 0 Å². The highest BCUT2D eigenvalue weighted by atomic mass is 32.2. The monoisotopic (exact) mass is 315 g/mol. The highest BCUT2D eigenvalue weighted by Crippen LogP contribution is 2.27. The van der Waals surface area contributed by atoms with Crippen molar-refractivity contribution in [3.63, 3.8) is 0 Å². The van der Waals surface area contributed by atoms with Crippen LogP contribution in [0.2, 0.25) is 0 Å². The molecule has 2 unspecified atom stereocenters. The topological polar surface area (TPSA) is 45.6 Å². The zero-order valence-electron chi connectivity index (χ0n) is 14.0. The summed E-state index contributed by atoms with van der Waals surface area (Å²) in [5.41, 5.74) is 0. The SMILES string of the molecule is CCCCOCCCN=C(NCC)NC1CCC(SC)C1. The molecule has 4 nitrogen and oxygen atoms in total. The van der Waals surface area contributed by atoms with Crippen molar-refractivity contribution >= 4 is 17.7 Å². The Bertz CT molecular complexity index is 287. The van der Waals surface area contributed by atoms with Crippen LogP contribution in [0.4, 0.5) is 0 Å². The number of ether oxygens (including phenoxy) is 1. The van der Waals surface area contributed by atoms with Gasteiger partial charge in [-0.15, -0.1) is 0 Å². The first-order valence-electron chi connectivity index (χ1n) is 8.45. The van der Waals surface area contributed by atoms with Crippen LogP contribution in [-0.4, -0.2) is 49.8 Å². The van der Waals surface area contributed by atoms with Crippen molar-refractivity contribution in [2.24, 2.45) is 4.99 Å². The quantitative estimate of drug-likeness (QED) is 0.369. The fourth-order valence-electron chi connectivity index (χ4n) is 2.50. The van der Waals surface area contributed by atoms with Crippen molar-refractivity contribution in [1.29, 1.82) is 0 Å². The average molecular weight is 316 g/mol. The number of hydrogen-bond donors (Lipinski definition) is 2. The standard InChI is InChI=1S/C16H33N3OS/c1-4-6-11-20-12-7-10-18-16(17-5-2)19-14-8-9-15(13-14)21-3/h14-15H,4-13H2,1-3H3,(H2,17,18,19). The Morgan fingerprint density at radius 3 is 2.71 bits per heavy atom. The van der Waals surface area contributed by atoms with Crippen molar-refractivity contribution < 1.29 is 4.74 Å². The van der Waals surface area contributed by atoms with Crippen molar-refractivity contribution in [2.45, 2.75) is 63.7 Å². The first-order chi connectivity index (χ1) is 10.3. The van der Waals surface area contributed by atoms with Gasteiger partial charge in [0, 0.05) is 37.6 Å². The van der Waals surface area contributed by atoms with Crippen LogP contribution in [0.25, 0.3) is 0 Å². The summed E-state index contributed by atoms with van der Waals surface area (Å²) in [4.78, 5) is 4.65. The summed E-state index contributed by atoms with van der Waals surface area (Å²) >= 11 is 1.99. The largest absolute Gasteiger partial charge is 0.381 e. The van der Waals surface area contributed by atoms with Gasteiger partial charge in [0.1, 0.15) is 0 Å². The second-order valence-electron chi connectivity index (χ2n) is 5.59. The average Bonchev–Trinajstić information content (AvgIpc) is 2.94. The van der Waals surface area contributed by atoms with Gasteiger partial charge >= 0.3 is 0 Å². The van der Waals surface area contributed by atoms with E-state index in [0.29, 0.717) is 6.04 Å². The molecule has 0 bridgehead atoms. The van der Waals surface area contributed by atoms with E-state index in [9.17, 15) is 0 Å². The number of hydrogen-bond acceptors (Lipinski definition) is 3. The number of nitrogens with zero attached hydrogens (tertiary/aromatic N) is 1. The molecule has 0 aromatic heterocycles. The number of thioether (sulfide) groups is 1. The molecular weight excluding hydrogens is 282 g/mol. The van der Waals surface area contributed by atoms with Crippen molar-refractivity contribution in [3.05, 3.63) is 0 Å². The highest BCUT2D eigenvalue weighted by molar-refractivity contribution is 7.99. The van der Waals surface area contributed by atoms with Gasteiger partial charge in [0.05, 0.1) is 0 Å². The molecule has 1 fully saturated rings. The Morgan fingerprint density at radius 1 is 1.24 bits per heavy atom. The normalized spacial score (nSPS) is 22.5. The van der Waals surface area contributed by atoms with E-state index in [0.717, 1.165) is 50.4 Å².